The van der Waals surface area contributed by atoms with Gasteiger partial charge in [-0.2, -0.15) is 5.26 Å². The Labute approximate surface area is 117 Å². The summed E-state index contributed by atoms with van der Waals surface area (Å²) in [4.78, 5) is 4.41. The third-order valence-electron chi connectivity index (χ3n) is 2.65. The van der Waals surface area contributed by atoms with E-state index in [4.69, 9.17) is 10.00 Å². The molecule has 0 radical (unpaired) electrons. The largest absolute Gasteiger partial charge is 0.497 e. The predicted molar refractivity (Wildman–Crippen MR) is 76.2 cm³/mol. The van der Waals surface area contributed by atoms with E-state index in [2.05, 4.69) is 11.1 Å². The van der Waals surface area contributed by atoms with Crippen LogP contribution < -0.4 is 4.74 Å². The Morgan fingerprint density at radius 2 is 1.95 bits per heavy atom. The van der Waals surface area contributed by atoms with Crippen molar-refractivity contribution in [1.82, 2.24) is 4.98 Å². The zero-order valence-electron chi connectivity index (χ0n) is 10.9. The Bertz CT molecular complexity index is 603. The molecule has 0 saturated heterocycles. The lowest BCUT2D eigenvalue weighted by atomic mass is 10.2. The SMILES string of the molecule is COc1ccc(CSc2nc(C)ccc2C#N)cc1. The highest BCUT2D eigenvalue weighted by molar-refractivity contribution is 7.98. The van der Waals surface area contributed by atoms with E-state index >= 15 is 0 Å². The number of aromatic nitrogens is 1. The molecule has 96 valence electrons. The standard InChI is InChI=1S/C15H14N2OS/c1-11-3-6-13(9-16)15(17-11)19-10-12-4-7-14(18-2)8-5-12/h3-8H,10H2,1-2H3. The zero-order valence-corrected chi connectivity index (χ0v) is 11.7. The Hall–Kier alpha value is -1.99. The molecule has 0 aliphatic heterocycles. The van der Waals surface area contributed by atoms with E-state index in [0.29, 0.717) is 5.56 Å². The topological polar surface area (TPSA) is 45.9 Å². The number of methoxy groups -OCH3 is 1. The second-order valence-corrected chi connectivity index (χ2v) is 5.02. The van der Waals surface area contributed by atoms with Crippen molar-refractivity contribution in [2.24, 2.45) is 0 Å². The molecule has 0 aliphatic rings. The van der Waals surface area contributed by atoms with Crippen molar-refractivity contribution < 1.29 is 4.74 Å². The van der Waals surface area contributed by atoms with Gasteiger partial charge in [0.25, 0.3) is 0 Å². The van der Waals surface area contributed by atoms with Crippen LogP contribution in [-0.2, 0) is 5.75 Å². The maximum Gasteiger partial charge on any atom is 0.118 e. The molecule has 3 nitrogen and oxygen atoms in total. The molecule has 1 heterocycles. The quantitative estimate of drug-likeness (QED) is 0.797. The van der Waals surface area contributed by atoms with E-state index in [0.717, 1.165) is 22.2 Å². The van der Waals surface area contributed by atoms with Gasteiger partial charge in [-0.3, -0.25) is 0 Å². The van der Waals surface area contributed by atoms with Crippen molar-refractivity contribution in [3.63, 3.8) is 0 Å². The lowest BCUT2D eigenvalue weighted by molar-refractivity contribution is 0.414. The third-order valence-corrected chi connectivity index (χ3v) is 3.72. The number of ether oxygens (including phenoxy) is 1. The fourth-order valence-corrected chi connectivity index (χ4v) is 2.58. The number of hydrogen-bond donors (Lipinski definition) is 0. The average molecular weight is 270 g/mol. The highest BCUT2D eigenvalue weighted by atomic mass is 32.2. The van der Waals surface area contributed by atoms with Crippen molar-refractivity contribution in [1.29, 1.82) is 5.26 Å². The molecule has 1 aromatic carbocycles. The van der Waals surface area contributed by atoms with Crippen LogP contribution in [0.1, 0.15) is 16.8 Å². The number of pyridine rings is 1. The number of nitriles is 1. The van der Waals surface area contributed by atoms with Crippen molar-refractivity contribution in [2.75, 3.05) is 7.11 Å². The summed E-state index contributed by atoms with van der Waals surface area (Å²) < 4.78 is 5.12. The van der Waals surface area contributed by atoms with Gasteiger partial charge >= 0.3 is 0 Å². The molecule has 0 N–H and O–H groups in total. The van der Waals surface area contributed by atoms with Crippen LogP contribution in [0.25, 0.3) is 0 Å². The van der Waals surface area contributed by atoms with E-state index in [1.807, 2.05) is 43.3 Å². The van der Waals surface area contributed by atoms with Gasteiger partial charge in [0.15, 0.2) is 0 Å². The maximum absolute atomic E-state index is 9.05. The number of hydrogen-bond acceptors (Lipinski definition) is 4. The predicted octanol–water partition coefficient (Wildman–Crippen LogP) is 3.56. The normalized spacial score (nSPS) is 9.95. The van der Waals surface area contributed by atoms with Crippen LogP contribution >= 0.6 is 11.8 Å². The number of thioether (sulfide) groups is 1. The minimum absolute atomic E-state index is 0.629. The highest BCUT2D eigenvalue weighted by Gasteiger charge is 2.05. The van der Waals surface area contributed by atoms with Crippen molar-refractivity contribution >= 4 is 11.8 Å². The number of nitrogens with zero attached hydrogens (tertiary/aromatic N) is 2. The molecule has 0 amide bonds. The molecule has 0 fully saturated rings. The summed E-state index contributed by atoms with van der Waals surface area (Å²) in [6.07, 6.45) is 0. The molecule has 0 saturated carbocycles. The second-order valence-electron chi connectivity index (χ2n) is 4.05. The molecule has 0 bridgehead atoms. The monoisotopic (exact) mass is 270 g/mol. The van der Waals surface area contributed by atoms with Gasteiger partial charge in [0.05, 0.1) is 12.7 Å². The molecule has 1 aromatic heterocycles. The van der Waals surface area contributed by atoms with Crippen LogP contribution in [0.15, 0.2) is 41.4 Å². The average Bonchev–Trinajstić information content (AvgIpc) is 2.46. The fourth-order valence-electron chi connectivity index (χ4n) is 1.60. The minimum Gasteiger partial charge on any atom is -0.497 e. The van der Waals surface area contributed by atoms with Crippen LogP contribution in [0.4, 0.5) is 0 Å². The van der Waals surface area contributed by atoms with Gasteiger partial charge in [0.1, 0.15) is 16.8 Å². The van der Waals surface area contributed by atoms with E-state index in [1.54, 1.807) is 18.9 Å². The first-order valence-electron chi connectivity index (χ1n) is 5.86. The van der Waals surface area contributed by atoms with Gasteiger partial charge < -0.3 is 4.74 Å². The molecule has 0 spiro atoms. The van der Waals surface area contributed by atoms with Crippen LogP contribution in [0, 0.1) is 18.3 Å². The molecule has 4 heteroatoms. The highest BCUT2D eigenvalue weighted by Crippen LogP contribution is 2.25. The lowest BCUT2D eigenvalue weighted by Crippen LogP contribution is -1.91. The molecular weight excluding hydrogens is 256 g/mol. The van der Waals surface area contributed by atoms with Crippen molar-refractivity contribution in [3.05, 3.63) is 53.2 Å². The van der Waals surface area contributed by atoms with E-state index < -0.39 is 0 Å². The summed E-state index contributed by atoms with van der Waals surface area (Å²) in [6.45, 7) is 1.93. The van der Waals surface area contributed by atoms with Crippen molar-refractivity contribution in [3.8, 4) is 11.8 Å². The summed E-state index contributed by atoms with van der Waals surface area (Å²) in [5.74, 6) is 1.63. The molecule has 0 aliphatic carbocycles. The molecule has 0 unspecified atom stereocenters. The van der Waals surface area contributed by atoms with Crippen LogP contribution in [0.5, 0.6) is 5.75 Å². The first-order chi connectivity index (χ1) is 9.22. The molecule has 2 rings (SSSR count). The Kier molecular flexibility index (Phi) is 4.43. The fraction of sp³-hybridized carbons (Fsp3) is 0.200. The van der Waals surface area contributed by atoms with Gasteiger partial charge in [-0.05, 0) is 36.8 Å². The van der Waals surface area contributed by atoms with E-state index in [1.165, 1.54) is 5.56 Å². The van der Waals surface area contributed by atoms with Gasteiger partial charge in [0, 0.05) is 11.4 Å². The lowest BCUT2D eigenvalue weighted by Gasteiger charge is -2.05. The van der Waals surface area contributed by atoms with Crippen LogP contribution in [0.2, 0.25) is 0 Å². The number of rotatable bonds is 4. The first kappa shape index (κ1) is 13.4. The van der Waals surface area contributed by atoms with Crippen molar-refractivity contribution in [2.45, 2.75) is 17.7 Å². The third kappa shape index (κ3) is 3.49. The summed E-state index contributed by atoms with van der Waals surface area (Å²) in [6, 6.07) is 13.8. The number of aryl methyl sites for hydroxylation is 1. The second kappa shape index (κ2) is 6.26. The summed E-state index contributed by atoms with van der Waals surface area (Å²) in [5, 5.41) is 9.85. The van der Waals surface area contributed by atoms with E-state index in [-0.39, 0.29) is 0 Å². The molecular formula is C15H14N2OS. The molecule has 19 heavy (non-hydrogen) atoms. The van der Waals surface area contributed by atoms with E-state index in [9.17, 15) is 0 Å². The molecule has 0 atom stereocenters. The van der Waals surface area contributed by atoms with Gasteiger partial charge in [-0.15, -0.1) is 11.8 Å². The molecule has 2 aromatic rings. The van der Waals surface area contributed by atoms with Crippen LogP contribution in [-0.4, -0.2) is 12.1 Å². The summed E-state index contributed by atoms with van der Waals surface area (Å²) in [5.41, 5.74) is 2.73. The smallest absolute Gasteiger partial charge is 0.118 e. The Morgan fingerprint density at radius 3 is 2.58 bits per heavy atom. The summed E-state index contributed by atoms with van der Waals surface area (Å²) >= 11 is 1.58. The zero-order chi connectivity index (χ0) is 13.7. The van der Waals surface area contributed by atoms with Gasteiger partial charge in [-0.25, -0.2) is 4.98 Å². The van der Waals surface area contributed by atoms with Gasteiger partial charge in [-0.1, -0.05) is 12.1 Å². The summed E-state index contributed by atoms with van der Waals surface area (Å²) in [7, 11) is 1.65. The minimum atomic E-state index is 0.629. The maximum atomic E-state index is 9.05. The number of benzene rings is 1. The van der Waals surface area contributed by atoms with Crippen LogP contribution in [0.3, 0.4) is 0 Å². The van der Waals surface area contributed by atoms with Gasteiger partial charge in [0.2, 0.25) is 0 Å². The Morgan fingerprint density at radius 1 is 1.21 bits per heavy atom. The first-order valence-corrected chi connectivity index (χ1v) is 6.85. The Balaban J connectivity index is 2.09.